The van der Waals surface area contributed by atoms with Gasteiger partial charge < -0.3 is 15.0 Å². The molecule has 0 radical (unpaired) electrons. The van der Waals surface area contributed by atoms with Gasteiger partial charge in [0.2, 0.25) is 5.91 Å². The summed E-state index contributed by atoms with van der Waals surface area (Å²) in [6, 6.07) is 22.7. The summed E-state index contributed by atoms with van der Waals surface area (Å²) >= 11 is -2.74. The highest BCUT2D eigenvalue weighted by molar-refractivity contribution is 7.80. The summed E-state index contributed by atoms with van der Waals surface area (Å²) in [7, 11) is 0. The minimum Gasteiger partial charge on any atom is -0.755 e. The largest absolute Gasteiger partial charge is 0.755 e. The summed E-state index contributed by atoms with van der Waals surface area (Å²) in [5.74, 6) is -1.68. The van der Waals surface area contributed by atoms with E-state index in [-0.39, 0.29) is 18.0 Å². The highest BCUT2D eigenvalue weighted by Gasteiger charge is 2.30. The second-order valence-electron chi connectivity index (χ2n) is 8.25. The highest BCUT2D eigenvalue weighted by atomic mass is 32.2. The summed E-state index contributed by atoms with van der Waals surface area (Å²) in [6.45, 7) is 3.81. The summed E-state index contributed by atoms with van der Waals surface area (Å²) in [4.78, 5) is 23.9. The van der Waals surface area contributed by atoms with Gasteiger partial charge in [-0.15, -0.1) is 0 Å². The van der Waals surface area contributed by atoms with Gasteiger partial charge in [-0.05, 0) is 40.3 Å². The van der Waals surface area contributed by atoms with Crippen molar-refractivity contribution in [3.8, 4) is 11.1 Å². The molecule has 3 aromatic rings. The Morgan fingerprint density at radius 1 is 0.912 bits per heavy atom. The number of carbonyl (C=O) groups excluding carboxylic acids is 1. The Labute approximate surface area is 201 Å². The molecule has 3 aromatic carbocycles. The van der Waals surface area contributed by atoms with Crippen LogP contribution in [0, 0.1) is 5.92 Å². The van der Waals surface area contributed by atoms with Gasteiger partial charge >= 0.3 is 5.97 Å². The Balaban J connectivity index is 1.67. The molecule has 0 aliphatic carbocycles. The van der Waals surface area contributed by atoms with Crippen LogP contribution >= 0.6 is 0 Å². The molecule has 178 valence electrons. The monoisotopic (exact) mass is 479 g/mol. The maximum atomic E-state index is 12.2. The number of aliphatic carboxylic acids is 1. The lowest BCUT2D eigenvalue weighted by Gasteiger charge is -2.34. The van der Waals surface area contributed by atoms with E-state index in [2.05, 4.69) is 5.32 Å². The van der Waals surface area contributed by atoms with Crippen LogP contribution in [0.5, 0.6) is 0 Å². The van der Waals surface area contributed by atoms with Crippen molar-refractivity contribution in [3.05, 3.63) is 90.0 Å². The first-order valence-corrected chi connectivity index (χ1v) is 11.9. The fourth-order valence-electron chi connectivity index (χ4n) is 3.66. The van der Waals surface area contributed by atoms with E-state index in [4.69, 9.17) is 0 Å². The molecule has 0 bridgehead atoms. The molecule has 3 rings (SSSR count). The summed E-state index contributed by atoms with van der Waals surface area (Å²) < 4.78 is 24.5. The van der Waals surface area contributed by atoms with Crippen LogP contribution < -0.4 is 9.62 Å². The van der Waals surface area contributed by atoms with Gasteiger partial charge in [-0.3, -0.25) is 13.3 Å². The van der Waals surface area contributed by atoms with Gasteiger partial charge in [0.1, 0.15) is 6.04 Å². The maximum Gasteiger partial charge on any atom is 0.327 e. The Kier molecular flexibility index (Phi) is 8.56. The first-order chi connectivity index (χ1) is 16.3. The number of anilines is 1. The molecule has 1 amide bonds. The van der Waals surface area contributed by atoms with Crippen LogP contribution in [0.2, 0.25) is 0 Å². The van der Waals surface area contributed by atoms with Gasteiger partial charge in [0.15, 0.2) is 0 Å². The summed E-state index contributed by atoms with van der Waals surface area (Å²) in [5.41, 5.74) is 3.94. The van der Waals surface area contributed by atoms with Crippen molar-refractivity contribution in [1.29, 1.82) is 0 Å². The van der Waals surface area contributed by atoms with Crippen LogP contribution in [0.3, 0.4) is 0 Å². The minimum atomic E-state index is -2.74. The van der Waals surface area contributed by atoms with Gasteiger partial charge in [-0.25, -0.2) is 4.79 Å². The molecular formula is C26H27N2O5S-. The third kappa shape index (κ3) is 6.52. The third-order valence-corrected chi connectivity index (χ3v) is 6.16. The zero-order valence-electron chi connectivity index (χ0n) is 19.0. The lowest BCUT2D eigenvalue weighted by molar-refractivity contribution is -0.139. The van der Waals surface area contributed by atoms with E-state index < -0.39 is 29.2 Å². The molecule has 0 heterocycles. The standard InChI is InChI=1S/C26H28N2O5S/c1-18(2)25(26(30)31)28(34(32)33)23-14-12-22(13-15-23)21-10-8-19(9-11-21)16-24(29)27-17-20-6-4-3-5-7-20/h3-15,18,25H,16-17H2,1-2H3,(H,27,29)(H,30,31)(H,32,33)/p-1. The van der Waals surface area contributed by atoms with E-state index in [0.29, 0.717) is 6.54 Å². The number of carboxylic acids is 1. The number of carboxylic acid groups (broad SMARTS) is 1. The smallest absolute Gasteiger partial charge is 0.327 e. The maximum absolute atomic E-state index is 12.2. The molecule has 2 unspecified atom stereocenters. The molecule has 0 aliphatic rings. The normalized spacial score (nSPS) is 12.7. The second kappa shape index (κ2) is 11.6. The van der Waals surface area contributed by atoms with Crippen molar-refractivity contribution in [1.82, 2.24) is 5.32 Å². The highest BCUT2D eigenvalue weighted by Crippen LogP contribution is 2.27. The molecule has 2 atom stereocenters. The van der Waals surface area contributed by atoms with Crippen molar-refractivity contribution >= 4 is 28.8 Å². The van der Waals surface area contributed by atoms with Crippen molar-refractivity contribution < 1.29 is 23.5 Å². The zero-order valence-corrected chi connectivity index (χ0v) is 19.8. The number of rotatable bonds is 10. The van der Waals surface area contributed by atoms with E-state index in [1.807, 2.05) is 54.6 Å². The van der Waals surface area contributed by atoms with Crippen LogP contribution in [-0.4, -0.2) is 31.8 Å². The van der Waals surface area contributed by atoms with Gasteiger partial charge in [0.05, 0.1) is 6.42 Å². The number of carbonyl (C=O) groups is 2. The van der Waals surface area contributed by atoms with Crippen LogP contribution in [0.25, 0.3) is 11.1 Å². The average molecular weight is 480 g/mol. The number of hydrogen-bond donors (Lipinski definition) is 2. The minimum absolute atomic E-state index is 0.0650. The molecule has 2 N–H and O–H groups in total. The van der Waals surface area contributed by atoms with E-state index in [1.54, 1.807) is 38.1 Å². The van der Waals surface area contributed by atoms with E-state index in [9.17, 15) is 23.5 Å². The van der Waals surface area contributed by atoms with Crippen LogP contribution in [0.4, 0.5) is 5.69 Å². The number of amides is 1. The SMILES string of the molecule is CC(C)C(C(=O)O)N(c1ccc(-c2ccc(CC(=O)NCc3ccccc3)cc2)cc1)S(=O)[O-]. The van der Waals surface area contributed by atoms with Crippen molar-refractivity contribution in [2.24, 2.45) is 5.92 Å². The molecular weight excluding hydrogens is 452 g/mol. The van der Waals surface area contributed by atoms with Crippen LogP contribution in [0.15, 0.2) is 78.9 Å². The fraction of sp³-hybridized carbons (Fsp3) is 0.231. The third-order valence-electron chi connectivity index (χ3n) is 5.40. The molecule has 0 aromatic heterocycles. The Morgan fingerprint density at radius 3 is 1.97 bits per heavy atom. The van der Waals surface area contributed by atoms with Crippen LogP contribution in [0.1, 0.15) is 25.0 Å². The predicted octanol–water partition coefficient (Wildman–Crippen LogP) is 3.92. The quantitative estimate of drug-likeness (QED) is 0.428. The number of hydrogen-bond acceptors (Lipinski definition) is 4. The van der Waals surface area contributed by atoms with Gasteiger partial charge in [-0.2, -0.15) is 0 Å². The lowest BCUT2D eigenvalue weighted by atomic mass is 10.0. The molecule has 0 saturated heterocycles. The molecule has 0 spiro atoms. The lowest BCUT2D eigenvalue weighted by Crippen LogP contribution is -2.45. The van der Waals surface area contributed by atoms with Crippen molar-refractivity contribution in [3.63, 3.8) is 0 Å². The van der Waals surface area contributed by atoms with E-state index in [0.717, 1.165) is 26.6 Å². The van der Waals surface area contributed by atoms with Crippen LogP contribution in [-0.2, 0) is 33.8 Å². The number of nitrogens with one attached hydrogen (secondary N) is 1. The van der Waals surface area contributed by atoms with Gasteiger partial charge in [0.25, 0.3) is 0 Å². The number of nitrogens with zero attached hydrogens (tertiary/aromatic N) is 1. The topological polar surface area (TPSA) is 110 Å². The van der Waals surface area contributed by atoms with E-state index in [1.165, 1.54) is 0 Å². The van der Waals surface area contributed by atoms with Crippen molar-refractivity contribution in [2.45, 2.75) is 32.9 Å². The summed E-state index contributed by atoms with van der Waals surface area (Å²) in [6.07, 6.45) is 0.266. The Bertz CT molecular complexity index is 1130. The number of benzene rings is 3. The van der Waals surface area contributed by atoms with Crippen molar-refractivity contribution in [2.75, 3.05) is 4.31 Å². The first kappa shape index (κ1) is 25.1. The first-order valence-electron chi connectivity index (χ1n) is 10.9. The molecule has 0 saturated carbocycles. The Morgan fingerprint density at radius 2 is 1.47 bits per heavy atom. The van der Waals surface area contributed by atoms with Gasteiger partial charge in [0, 0.05) is 23.5 Å². The molecule has 34 heavy (non-hydrogen) atoms. The summed E-state index contributed by atoms with van der Waals surface area (Å²) in [5, 5.41) is 12.4. The molecule has 8 heteroatoms. The predicted molar refractivity (Wildman–Crippen MR) is 132 cm³/mol. The molecule has 7 nitrogen and oxygen atoms in total. The average Bonchev–Trinajstić information content (AvgIpc) is 2.82. The van der Waals surface area contributed by atoms with E-state index >= 15 is 0 Å². The molecule has 0 fully saturated rings. The molecule has 0 aliphatic heterocycles. The second-order valence-corrected chi connectivity index (χ2v) is 9.08. The zero-order chi connectivity index (χ0) is 24.7. The van der Waals surface area contributed by atoms with Gasteiger partial charge in [-0.1, -0.05) is 80.6 Å². The Hall–Kier alpha value is -3.49. The fourth-order valence-corrected chi connectivity index (χ4v) is 4.47.